The summed E-state index contributed by atoms with van der Waals surface area (Å²) >= 11 is 0. The van der Waals surface area contributed by atoms with Gasteiger partial charge in [-0.25, -0.2) is 0 Å². The highest BCUT2D eigenvalue weighted by atomic mass is 16.1. The molecule has 0 saturated heterocycles. The van der Waals surface area contributed by atoms with Gasteiger partial charge in [0.1, 0.15) is 6.29 Å². The Bertz CT molecular complexity index is 450. The van der Waals surface area contributed by atoms with Crippen LogP contribution in [0, 0.1) is 0 Å². The second kappa shape index (κ2) is 5.11. The van der Waals surface area contributed by atoms with E-state index in [4.69, 9.17) is 5.73 Å². The molecule has 3 heteroatoms. The molecule has 0 spiro atoms. The van der Waals surface area contributed by atoms with E-state index in [1.54, 1.807) is 0 Å². The molecule has 0 atom stereocenters. The Morgan fingerprint density at radius 1 is 1.44 bits per heavy atom. The van der Waals surface area contributed by atoms with Crippen LogP contribution >= 0.6 is 0 Å². The van der Waals surface area contributed by atoms with E-state index < -0.39 is 0 Å². The van der Waals surface area contributed by atoms with Gasteiger partial charge in [-0.1, -0.05) is 0 Å². The van der Waals surface area contributed by atoms with E-state index in [-0.39, 0.29) is 0 Å². The van der Waals surface area contributed by atoms with Gasteiger partial charge in [0.05, 0.1) is 0 Å². The molecule has 1 fully saturated rings. The minimum Gasteiger partial charge on any atom is -0.398 e. The molecular formula is C15H22N2O. The van der Waals surface area contributed by atoms with Gasteiger partial charge in [-0.3, -0.25) is 9.69 Å². The molecule has 1 aromatic rings. The number of nitrogens with zero attached hydrogens (tertiary/aromatic N) is 1. The summed E-state index contributed by atoms with van der Waals surface area (Å²) in [4.78, 5) is 13.4. The summed E-state index contributed by atoms with van der Waals surface area (Å²) in [6.07, 6.45) is 3.36. The van der Waals surface area contributed by atoms with Crippen LogP contribution in [0.5, 0.6) is 0 Å². The van der Waals surface area contributed by atoms with E-state index in [0.717, 1.165) is 35.2 Å². The maximum Gasteiger partial charge on any atom is 0.150 e. The van der Waals surface area contributed by atoms with Crippen LogP contribution in [0.4, 0.5) is 5.69 Å². The van der Waals surface area contributed by atoms with Gasteiger partial charge >= 0.3 is 0 Å². The van der Waals surface area contributed by atoms with Crippen LogP contribution in [0.3, 0.4) is 0 Å². The topological polar surface area (TPSA) is 46.3 Å². The summed E-state index contributed by atoms with van der Waals surface area (Å²) in [6.45, 7) is 5.05. The molecule has 0 heterocycles. The highest BCUT2D eigenvalue weighted by Crippen LogP contribution is 2.43. The van der Waals surface area contributed by atoms with Gasteiger partial charge in [-0.05, 0) is 62.9 Å². The predicted molar refractivity (Wildman–Crippen MR) is 74.8 cm³/mol. The second-order valence-electron chi connectivity index (χ2n) is 5.58. The predicted octanol–water partition coefficient (Wildman–Crippen LogP) is 2.80. The van der Waals surface area contributed by atoms with E-state index in [2.05, 4.69) is 25.8 Å². The molecule has 0 amide bonds. The zero-order valence-corrected chi connectivity index (χ0v) is 11.4. The normalized spacial score (nSPS) is 15.4. The summed E-state index contributed by atoms with van der Waals surface area (Å²) in [5.74, 6) is 0.584. The molecule has 2 rings (SSSR count). The van der Waals surface area contributed by atoms with Gasteiger partial charge in [0, 0.05) is 23.8 Å². The molecule has 18 heavy (non-hydrogen) atoms. The fourth-order valence-corrected chi connectivity index (χ4v) is 2.14. The summed E-state index contributed by atoms with van der Waals surface area (Å²) in [6, 6.07) is 4.42. The minimum atomic E-state index is 0.453. The number of benzene rings is 1. The highest BCUT2D eigenvalue weighted by molar-refractivity contribution is 5.79. The molecular weight excluding hydrogens is 224 g/mol. The van der Waals surface area contributed by atoms with E-state index in [1.165, 1.54) is 12.8 Å². The van der Waals surface area contributed by atoms with Crippen molar-refractivity contribution in [1.29, 1.82) is 0 Å². The van der Waals surface area contributed by atoms with Crippen LogP contribution in [0.25, 0.3) is 0 Å². The SMILES string of the molecule is CC(C)N(C)Cc1cc(N)c(C2CC2)cc1C=O. The Labute approximate surface area is 109 Å². The van der Waals surface area contributed by atoms with Gasteiger partial charge in [-0.2, -0.15) is 0 Å². The van der Waals surface area contributed by atoms with Crippen LogP contribution in [-0.4, -0.2) is 24.3 Å². The number of aldehydes is 1. The van der Waals surface area contributed by atoms with Crippen molar-refractivity contribution in [2.24, 2.45) is 0 Å². The molecule has 1 aliphatic rings. The Kier molecular flexibility index (Phi) is 3.71. The molecule has 3 nitrogen and oxygen atoms in total. The lowest BCUT2D eigenvalue weighted by Gasteiger charge is -2.22. The maximum absolute atomic E-state index is 11.2. The van der Waals surface area contributed by atoms with E-state index in [9.17, 15) is 4.79 Å². The molecule has 0 aromatic heterocycles. The van der Waals surface area contributed by atoms with Crippen LogP contribution in [0.2, 0.25) is 0 Å². The third-order valence-corrected chi connectivity index (χ3v) is 3.79. The Morgan fingerprint density at radius 2 is 2.11 bits per heavy atom. The van der Waals surface area contributed by atoms with E-state index in [0.29, 0.717) is 12.0 Å². The van der Waals surface area contributed by atoms with Crippen LogP contribution in [0.1, 0.15) is 54.1 Å². The molecule has 2 N–H and O–H groups in total. The Balaban J connectivity index is 2.29. The first-order chi connectivity index (χ1) is 8.52. The average molecular weight is 246 g/mol. The molecule has 1 aliphatic carbocycles. The third kappa shape index (κ3) is 2.72. The number of nitrogens with two attached hydrogens (primary N) is 1. The standard InChI is InChI=1S/C15H22N2O/c1-10(2)17(3)8-12-7-15(16)14(11-4-5-11)6-13(12)9-18/h6-7,9-11H,4-5,8,16H2,1-3H3. The Hall–Kier alpha value is -1.35. The molecule has 0 unspecified atom stereocenters. The van der Waals surface area contributed by atoms with E-state index >= 15 is 0 Å². The van der Waals surface area contributed by atoms with Crippen molar-refractivity contribution in [3.63, 3.8) is 0 Å². The number of hydrogen-bond acceptors (Lipinski definition) is 3. The lowest BCUT2D eigenvalue weighted by atomic mass is 9.99. The van der Waals surface area contributed by atoms with Gasteiger partial charge in [0.2, 0.25) is 0 Å². The maximum atomic E-state index is 11.2. The number of rotatable bonds is 5. The minimum absolute atomic E-state index is 0.453. The van der Waals surface area contributed by atoms with Crippen LogP contribution in [-0.2, 0) is 6.54 Å². The number of hydrogen-bond donors (Lipinski definition) is 1. The first-order valence-electron chi connectivity index (χ1n) is 6.60. The van der Waals surface area contributed by atoms with Crippen LogP contribution < -0.4 is 5.73 Å². The van der Waals surface area contributed by atoms with Crippen molar-refractivity contribution in [2.75, 3.05) is 12.8 Å². The van der Waals surface area contributed by atoms with Crippen molar-refractivity contribution in [3.8, 4) is 0 Å². The zero-order valence-electron chi connectivity index (χ0n) is 11.4. The first kappa shape index (κ1) is 13.1. The highest BCUT2D eigenvalue weighted by Gasteiger charge is 2.26. The zero-order chi connectivity index (χ0) is 13.3. The number of carbonyl (C=O) groups excluding carboxylic acids is 1. The molecule has 0 bridgehead atoms. The van der Waals surface area contributed by atoms with Crippen molar-refractivity contribution in [1.82, 2.24) is 4.90 Å². The van der Waals surface area contributed by atoms with Crippen molar-refractivity contribution in [2.45, 2.75) is 45.2 Å². The summed E-state index contributed by atoms with van der Waals surface area (Å²) in [5.41, 5.74) is 9.93. The summed E-state index contributed by atoms with van der Waals surface area (Å²) in [5, 5.41) is 0. The average Bonchev–Trinajstić information content (AvgIpc) is 3.13. The van der Waals surface area contributed by atoms with Gasteiger partial charge in [0.15, 0.2) is 0 Å². The lowest BCUT2D eigenvalue weighted by molar-refractivity contribution is 0.112. The van der Waals surface area contributed by atoms with Crippen molar-refractivity contribution < 1.29 is 4.79 Å². The number of carbonyl (C=O) groups is 1. The monoisotopic (exact) mass is 246 g/mol. The van der Waals surface area contributed by atoms with Gasteiger partial charge in [0.25, 0.3) is 0 Å². The fourth-order valence-electron chi connectivity index (χ4n) is 2.14. The third-order valence-electron chi connectivity index (χ3n) is 3.79. The molecule has 98 valence electrons. The van der Waals surface area contributed by atoms with Crippen LogP contribution in [0.15, 0.2) is 12.1 Å². The molecule has 0 aliphatic heterocycles. The number of anilines is 1. The second-order valence-corrected chi connectivity index (χ2v) is 5.58. The summed E-state index contributed by atoms with van der Waals surface area (Å²) in [7, 11) is 2.06. The quantitative estimate of drug-likeness (QED) is 0.642. The molecule has 1 aromatic carbocycles. The molecule has 0 radical (unpaired) electrons. The largest absolute Gasteiger partial charge is 0.398 e. The Morgan fingerprint density at radius 3 is 2.61 bits per heavy atom. The molecule has 1 saturated carbocycles. The van der Waals surface area contributed by atoms with Gasteiger partial charge in [-0.15, -0.1) is 0 Å². The van der Waals surface area contributed by atoms with Crippen molar-refractivity contribution in [3.05, 3.63) is 28.8 Å². The summed E-state index contributed by atoms with van der Waals surface area (Å²) < 4.78 is 0. The first-order valence-corrected chi connectivity index (χ1v) is 6.60. The van der Waals surface area contributed by atoms with Gasteiger partial charge < -0.3 is 5.73 Å². The van der Waals surface area contributed by atoms with E-state index in [1.807, 2.05) is 12.1 Å². The smallest absolute Gasteiger partial charge is 0.150 e. The lowest BCUT2D eigenvalue weighted by Crippen LogP contribution is -2.26. The van der Waals surface area contributed by atoms with Crippen molar-refractivity contribution >= 4 is 12.0 Å². The number of nitrogen functional groups attached to an aromatic ring is 1. The fraction of sp³-hybridized carbons (Fsp3) is 0.533.